The van der Waals surface area contributed by atoms with Gasteiger partial charge in [0.15, 0.2) is 5.76 Å². The molecule has 3 unspecified atom stereocenters. The van der Waals surface area contributed by atoms with Crippen molar-refractivity contribution in [3.63, 3.8) is 0 Å². The number of nitrogens with one attached hydrogen (secondary N) is 1. The summed E-state index contributed by atoms with van der Waals surface area (Å²) in [7, 11) is 0. The lowest BCUT2D eigenvalue weighted by Crippen LogP contribution is -2.25. The SMILES string of the molecule is C=CCCCc1[nH]cc(/C=C2\OC3C(C)CCCCC3C2=O)c1C. The van der Waals surface area contributed by atoms with E-state index in [4.69, 9.17) is 4.74 Å². The third kappa shape index (κ3) is 3.35. The number of aromatic amines is 1. The van der Waals surface area contributed by atoms with E-state index < -0.39 is 0 Å². The number of fused-ring (bicyclic) bond motifs is 1. The lowest BCUT2D eigenvalue weighted by atomic mass is 9.89. The van der Waals surface area contributed by atoms with Crippen molar-refractivity contribution in [2.75, 3.05) is 0 Å². The smallest absolute Gasteiger partial charge is 0.204 e. The number of rotatable bonds is 5. The van der Waals surface area contributed by atoms with E-state index in [0.29, 0.717) is 11.7 Å². The summed E-state index contributed by atoms with van der Waals surface area (Å²) in [6, 6.07) is 0. The van der Waals surface area contributed by atoms with Gasteiger partial charge < -0.3 is 9.72 Å². The van der Waals surface area contributed by atoms with Gasteiger partial charge in [-0.15, -0.1) is 6.58 Å². The van der Waals surface area contributed by atoms with Crippen LogP contribution in [0.5, 0.6) is 0 Å². The molecule has 130 valence electrons. The van der Waals surface area contributed by atoms with Crippen LogP contribution in [0.25, 0.3) is 6.08 Å². The van der Waals surface area contributed by atoms with Crippen LogP contribution in [0.3, 0.4) is 0 Å². The molecule has 0 amide bonds. The fourth-order valence-corrected chi connectivity index (χ4v) is 4.06. The Balaban J connectivity index is 1.77. The number of carbonyl (C=O) groups excluding carboxylic acids is 1. The molecule has 3 nitrogen and oxygen atoms in total. The van der Waals surface area contributed by atoms with E-state index in [1.54, 1.807) is 0 Å². The molecule has 0 bridgehead atoms. The monoisotopic (exact) mass is 327 g/mol. The normalized spacial score (nSPS) is 28.5. The predicted octanol–water partition coefficient (Wildman–Crippen LogP) is 4.97. The van der Waals surface area contributed by atoms with Crippen LogP contribution in [0.1, 0.15) is 62.3 Å². The molecular weight excluding hydrogens is 298 g/mol. The molecule has 0 aromatic carbocycles. The Hall–Kier alpha value is -1.77. The average Bonchev–Trinajstić information content (AvgIpc) is 2.99. The van der Waals surface area contributed by atoms with Crippen LogP contribution >= 0.6 is 0 Å². The number of Topliss-reactive ketones (excluding diaryl/α,β-unsaturated/α-hetero) is 1. The first-order chi connectivity index (χ1) is 11.6. The van der Waals surface area contributed by atoms with Gasteiger partial charge in [0.2, 0.25) is 5.78 Å². The van der Waals surface area contributed by atoms with Crippen molar-refractivity contribution in [2.24, 2.45) is 11.8 Å². The number of aromatic nitrogens is 1. The van der Waals surface area contributed by atoms with Crippen LogP contribution < -0.4 is 0 Å². The van der Waals surface area contributed by atoms with Crippen molar-refractivity contribution in [1.82, 2.24) is 4.98 Å². The second kappa shape index (κ2) is 7.42. The van der Waals surface area contributed by atoms with Gasteiger partial charge in [-0.2, -0.15) is 0 Å². The fraction of sp³-hybridized carbons (Fsp3) is 0.571. The first-order valence-corrected chi connectivity index (χ1v) is 9.32. The first-order valence-electron chi connectivity index (χ1n) is 9.32. The summed E-state index contributed by atoms with van der Waals surface area (Å²) in [5.41, 5.74) is 3.55. The Morgan fingerprint density at radius 1 is 1.38 bits per heavy atom. The summed E-state index contributed by atoms with van der Waals surface area (Å²) in [6.07, 6.45) is 13.6. The van der Waals surface area contributed by atoms with E-state index in [9.17, 15) is 4.79 Å². The third-order valence-corrected chi connectivity index (χ3v) is 5.63. The highest BCUT2D eigenvalue weighted by Crippen LogP contribution is 2.39. The van der Waals surface area contributed by atoms with Crippen molar-refractivity contribution in [3.8, 4) is 0 Å². The Morgan fingerprint density at radius 3 is 2.96 bits per heavy atom. The molecule has 2 heterocycles. The zero-order valence-electron chi connectivity index (χ0n) is 14.9. The Labute approximate surface area is 145 Å². The molecule has 1 aliphatic carbocycles. The number of carbonyl (C=O) groups is 1. The van der Waals surface area contributed by atoms with Crippen LogP contribution in [-0.4, -0.2) is 16.9 Å². The van der Waals surface area contributed by atoms with Crippen molar-refractivity contribution in [3.05, 3.63) is 41.4 Å². The molecule has 1 aliphatic heterocycles. The molecule has 24 heavy (non-hydrogen) atoms. The summed E-state index contributed by atoms with van der Waals surface area (Å²) >= 11 is 0. The van der Waals surface area contributed by atoms with Gasteiger partial charge in [-0.1, -0.05) is 25.8 Å². The van der Waals surface area contributed by atoms with Crippen LogP contribution in [0.15, 0.2) is 24.6 Å². The van der Waals surface area contributed by atoms with Gasteiger partial charge in [-0.3, -0.25) is 4.79 Å². The van der Waals surface area contributed by atoms with Gasteiger partial charge in [0.1, 0.15) is 6.10 Å². The molecule has 3 rings (SSSR count). The lowest BCUT2D eigenvalue weighted by molar-refractivity contribution is -0.118. The number of hydrogen-bond acceptors (Lipinski definition) is 2. The van der Waals surface area contributed by atoms with Crippen LogP contribution in [0, 0.1) is 18.8 Å². The summed E-state index contributed by atoms with van der Waals surface area (Å²) in [5, 5.41) is 0. The molecule has 2 aliphatic rings. The standard InChI is InChI=1S/C21H29NO2/c1-4-5-6-11-18-15(3)16(13-22-18)12-19-20(23)17-10-8-7-9-14(2)21(17)24-19/h4,12-14,17,21-22H,1,5-11H2,2-3H3/b19-12-. The third-order valence-electron chi connectivity index (χ3n) is 5.63. The van der Waals surface area contributed by atoms with E-state index in [-0.39, 0.29) is 17.8 Å². The summed E-state index contributed by atoms with van der Waals surface area (Å²) in [4.78, 5) is 16.1. The molecule has 1 N–H and O–H groups in total. The van der Waals surface area contributed by atoms with Crippen molar-refractivity contribution >= 4 is 11.9 Å². The zero-order valence-corrected chi connectivity index (χ0v) is 14.9. The first kappa shape index (κ1) is 17.1. The maximum atomic E-state index is 12.8. The van der Waals surface area contributed by atoms with Gasteiger partial charge in [0, 0.05) is 11.9 Å². The summed E-state index contributed by atoms with van der Waals surface area (Å²) in [6.45, 7) is 8.11. The van der Waals surface area contributed by atoms with Crippen molar-refractivity contribution in [1.29, 1.82) is 0 Å². The maximum Gasteiger partial charge on any atom is 0.204 e. The van der Waals surface area contributed by atoms with Crippen LogP contribution in [0.4, 0.5) is 0 Å². The predicted molar refractivity (Wildman–Crippen MR) is 97.6 cm³/mol. The van der Waals surface area contributed by atoms with Gasteiger partial charge in [-0.05, 0) is 62.1 Å². The van der Waals surface area contributed by atoms with Gasteiger partial charge >= 0.3 is 0 Å². The minimum Gasteiger partial charge on any atom is -0.486 e. The number of ketones is 1. The van der Waals surface area contributed by atoms with Crippen LogP contribution in [-0.2, 0) is 16.0 Å². The van der Waals surface area contributed by atoms with E-state index in [1.165, 1.54) is 24.1 Å². The lowest BCUT2D eigenvalue weighted by Gasteiger charge is -2.19. The highest BCUT2D eigenvalue weighted by Gasteiger charge is 2.43. The Morgan fingerprint density at radius 2 is 2.17 bits per heavy atom. The molecule has 1 saturated carbocycles. The second-order valence-electron chi connectivity index (χ2n) is 7.35. The Bertz CT molecular complexity index is 640. The summed E-state index contributed by atoms with van der Waals surface area (Å²) in [5.74, 6) is 1.32. The number of aryl methyl sites for hydroxylation is 1. The van der Waals surface area contributed by atoms with Gasteiger partial charge in [-0.25, -0.2) is 0 Å². The van der Waals surface area contributed by atoms with Crippen LogP contribution in [0.2, 0.25) is 0 Å². The second-order valence-corrected chi connectivity index (χ2v) is 7.35. The number of unbranched alkanes of at least 4 members (excludes halogenated alkanes) is 1. The van der Waals surface area contributed by atoms with E-state index in [0.717, 1.165) is 37.7 Å². The molecule has 1 saturated heterocycles. The minimum absolute atomic E-state index is 0.0695. The quantitative estimate of drug-likeness (QED) is 0.471. The number of H-pyrrole nitrogens is 1. The number of allylic oxidation sites excluding steroid dienone is 2. The van der Waals surface area contributed by atoms with Crippen molar-refractivity contribution < 1.29 is 9.53 Å². The minimum atomic E-state index is 0.0695. The largest absolute Gasteiger partial charge is 0.486 e. The molecule has 2 fully saturated rings. The molecule has 3 heteroatoms. The molecule has 1 aromatic rings. The van der Waals surface area contributed by atoms with E-state index in [1.807, 2.05) is 18.3 Å². The van der Waals surface area contributed by atoms with Crippen molar-refractivity contribution in [2.45, 2.75) is 64.9 Å². The topological polar surface area (TPSA) is 42.1 Å². The molecule has 3 atom stereocenters. The fourth-order valence-electron chi connectivity index (χ4n) is 4.06. The number of ether oxygens (including phenoxy) is 1. The van der Waals surface area contributed by atoms with Gasteiger partial charge in [0.25, 0.3) is 0 Å². The Kier molecular flexibility index (Phi) is 5.27. The maximum absolute atomic E-state index is 12.8. The molecule has 0 spiro atoms. The van der Waals surface area contributed by atoms with Gasteiger partial charge in [0.05, 0.1) is 5.92 Å². The molecule has 0 radical (unpaired) electrons. The molecular formula is C21H29NO2. The van der Waals surface area contributed by atoms with E-state index >= 15 is 0 Å². The summed E-state index contributed by atoms with van der Waals surface area (Å²) < 4.78 is 6.12. The molecule has 1 aromatic heterocycles. The van der Waals surface area contributed by atoms with E-state index in [2.05, 4.69) is 25.4 Å². The zero-order chi connectivity index (χ0) is 17.1. The average molecular weight is 327 g/mol. The highest BCUT2D eigenvalue weighted by atomic mass is 16.5. The number of hydrogen-bond donors (Lipinski definition) is 1. The highest BCUT2D eigenvalue weighted by molar-refractivity contribution is 6.01.